The normalized spacial score (nSPS) is 10.2. The Morgan fingerprint density at radius 3 is 2.54 bits per heavy atom. The van der Waals surface area contributed by atoms with E-state index < -0.39 is 0 Å². The summed E-state index contributed by atoms with van der Waals surface area (Å²) in [4.78, 5) is 14.4. The van der Waals surface area contributed by atoms with Gasteiger partial charge in [0.25, 0.3) is 5.91 Å². The molecule has 0 aromatic heterocycles. The molecule has 0 aliphatic carbocycles. The van der Waals surface area contributed by atoms with E-state index in [0.717, 1.165) is 25.8 Å². The SMILES string of the molecule is C=CCOc1ccccc1C(=O)N(C)CCCCc1ccccc1. The van der Waals surface area contributed by atoms with Crippen LogP contribution >= 0.6 is 0 Å². The molecule has 0 spiro atoms. The minimum atomic E-state index is -0.00521. The number of rotatable bonds is 9. The number of carbonyl (C=O) groups is 1. The zero-order valence-corrected chi connectivity index (χ0v) is 14.3. The number of benzene rings is 2. The van der Waals surface area contributed by atoms with Crippen LogP contribution in [0.25, 0.3) is 0 Å². The zero-order chi connectivity index (χ0) is 17.2. The molecule has 2 rings (SSSR count). The second-order valence-corrected chi connectivity index (χ2v) is 5.77. The molecular formula is C21H25NO2. The highest BCUT2D eigenvalue weighted by atomic mass is 16.5. The van der Waals surface area contributed by atoms with E-state index in [-0.39, 0.29) is 5.91 Å². The fraction of sp³-hybridized carbons (Fsp3) is 0.286. The molecule has 0 saturated heterocycles. The molecule has 0 aliphatic rings. The predicted octanol–water partition coefficient (Wildman–Crippen LogP) is 4.35. The van der Waals surface area contributed by atoms with Gasteiger partial charge in [0.2, 0.25) is 0 Å². The van der Waals surface area contributed by atoms with Crippen molar-refractivity contribution in [1.29, 1.82) is 0 Å². The third-order valence-electron chi connectivity index (χ3n) is 3.87. The minimum Gasteiger partial charge on any atom is -0.489 e. The van der Waals surface area contributed by atoms with Crippen molar-refractivity contribution >= 4 is 5.91 Å². The molecule has 3 nitrogen and oxygen atoms in total. The average molecular weight is 323 g/mol. The van der Waals surface area contributed by atoms with Gasteiger partial charge < -0.3 is 9.64 Å². The largest absolute Gasteiger partial charge is 0.489 e. The number of unbranched alkanes of at least 4 members (excludes halogenated alkanes) is 1. The van der Waals surface area contributed by atoms with Crippen LogP contribution in [0.5, 0.6) is 5.75 Å². The van der Waals surface area contributed by atoms with Gasteiger partial charge in [-0.05, 0) is 37.0 Å². The van der Waals surface area contributed by atoms with Crippen LogP contribution in [0.1, 0.15) is 28.8 Å². The van der Waals surface area contributed by atoms with Crippen LogP contribution in [0.3, 0.4) is 0 Å². The first-order chi connectivity index (χ1) is 11.7. The molecule has 0 heterocycles. The highest BCUT2D eigenvalue weighted by molar-refractivity contribution is 5.96. The maximum absolute atomic E-state index is 12.6. The molecule has 2 aromatic carbocycles. The summed E-state index contributed by atoms with van der Waals surface area (Å²) >= 11 is 0. The number of amides is 1. The molecule has 3 heteroatoms. The molecule has 0 aliphatic heterocycles. The van der Waals surface area contributed by atoms with E-state index in [4.69, 9.17) is 4.74 Å². The Balaban J connectivity index is 1.84. The van der Waals surface area contributed by atoms with Crippen LogP contribution in [0.15, 0.2) is 67.3 Å². The fourth-order valence-electron chi connectivity index (χ4n) is 2.55. The molecule has 0 bridgehead atoms. The molecule has 126 valence electrons. The van der Waals surface area contributed by atoms with Gasteiger partial charge in [-0.1, -0.05) is 55.1 Å². The second-order valence-electron chi connectivity index (χ2n) is 5.77. The molecule has 24 heavy (non-hydrogen) atoms. The summed E-state index contributed by atoms with van der Waals surface area (Å²) in [6, 6.07) is 17.8. The monoisotopic (exact) mass is 323 g/mol. The topological polar surface area (TPSA) is 29.5 Å². The summed E-state index contributed by atoms with van der Waals surface area (Å²) in [5.41, 5.74) is 1.94. The van der Waals surface area contributed by atoms with E-state index in [1.807, 2.05) is 31.3 Å². The van der Waals surface area contributed by atoms with Gasteiger partial charge in [0.15, 0.2) is 0 Å². The van der Waals surface area contributed by atoms with Crippen molar-refractivity contribution in [3.8, 4) is 5.75 Å². The Hall–Kier alpha value is -2.55. The van der Waals surface area contributed by atoms with E-state index in [9.17, 15) is 4.79 Å². The summed E-state index contributed by atoms with van der Waals surface area (Å²) in [6.45, 7) is 4.77. The molecule has 0 N–H and O–H groups in total. The third kappa shape index (κ3) is 5.27. The number of hydrogen-bond donors (Lipinski definition) is 0. The number of carbonyl (C=O) groups excluding carboxylic acids is 1. The van der Waals surface area contributed by atoms with Crippen molar-refractivity contribution in [3.05, 3.63) is 78.4 Å². The number of aryl methyl sites for hydroxylation is 1. The summed E-state index contributed by atoms with van der Waals surface area (Å²) in [7, 11) is 1.84. The van der Waals surface area contributed by atoms with Gasteiger partial charge in [-0.3, -0.25) is 4.79 Å². The van der Waals surface area contributed by atoms with Gasteiger partial charge in [0.05, 0.1) is 5.56 Å². The van der Waals surface area contributed by atoms with Gasteiger partial charge in [0.1, 0.15) is 12.4 Å². The number of nitrogens with zero attached hydrogens (tertiary/aromatic N) is 1. The van der Waals surface area contributed by atoms with E-state index in [1.165, 1.54) is 5.56 Å². The lowest BCUT2D eigenvalue weighted by atomic mass is 10.1. The van der Waals surface area contributed by atoms with Gasteiger partial charge in [-0.15, -0.1) is 0 Å². The maximum atomic E-state index is 12.6. The van der Waals surface area contributed by atoms with Crippen molar-refractivity contribution < 1.29 is 9.53 Å². The first kappa shape index (κ1) is 17.8. The predicted molar refractivity (Wildman–Crippen MR) is 98.5 cm³/mol. The van der Waals surface area contributed by atoms with Crippen molar-refractivity contribution in [1.82, 2.24) is 4.90 Å². The minimum absolute atomic E-state index is 0.00521. The molecule has 0 saturated carbocycles. The number of ether oxygens (including phenoxy) is 1. The van der Waals surface area contributed by atoms with E-state index in [2.05, 4.69) is 30.8 Å². The molecule has 0 unspecified atom stereocenters. The van der Waals surface area contributed by atoms with E-state index in [0.29, 0.717) is 17.9 Å². The van der Waals surface area contributed by atoms with Gasteiger partial charge in [-0.2, -0.15) is 0 Å². The van der Waals surface area contributed by atoms with Crippen LogP contribution in [0, 0.1) is 0 Å². The van der Waals surface area contributed by atoms with Crippen molar-refractivity contribution in [2.75, 3.05) is 20.2 Å². The Labute approximate surface area is 144 Å². The van der Waals surface area contributed by atoms with Gasteiger partial charge in [0, 0.05) is 13.6 Å². The maximum Gasteiger partial charge on any atom is 0.257 e. The van der Waals surface area contributed by atoms with Crippen LogP contribution in [0.4, 0.5) is 0 Å². The van der Waals surface area contributed by atoms with Crippen molar-refractivity contribution in [2.24, 2.45) is 0 Å². The number of hydrogen-bond acceptors (Lipinski definition) is 2. The van der Waals surface area contributed by atoms with Gasteiger partial charge >= 0.3 is 0 Å². The first-order valence-electron chi connectivity index (χ1n) is 8.34. The van der Waals surface area contributed by atoms with Gasteiger partial charge in [-0.25, -0.2) is 0 Å². The van der Waals surface area contributed by atoms with Crippen LogP contribution in [-0.2, 0) is 6.42 Å². The highest BCUT2D eigenvalue weighted by Crippen LogP contribution is 2.20. The van der Waals surface area contributed by atoms with Crippen LogP contribution in [-0.4, -0.2) is 31.0 Å². The summed E-state index contributed by atoms with van der Waals surface area (Å²) < 4.78 is 5.58. The standard InChI is InChI=1S/C21H25NO2/c1-3-17-24-20-15-8-7-14-19(20)21(23)22(2)16-10-9-13-18-11-5-4-6-12-18/h3-8,11-12,14-15H,1,9-10,13,16-17H2,2H3. The quantitative estimate of drug-likeness (QED) is 0.507. The summed E-state index contributed by atoms with van der Waals surface area (Å²) in [5.74, 6) is 0.605. The fourth-order valence-corrected chi connectivity index (χ4v) is 2.55. The Morgan fingerprint density at radius 1 is 1.08 bits per heavy atom. The molecule has 0 atom stereocenters. The average Bonchev–Trinajstić information content (AvgIpc) is 2.64. The van der Waals surface area contributed by atoms with Crippen LogP contribution in [0.2, 0.25) is 0 Å². The molecular weight excluding hydrogens is 298 g/mol. The molecule has 0 radical (unpaired) electrons. The third-order valence-corrected chi connectivity index (χ3v) is 3.87. The lowest BCUT2D eigenvalue weighted by molar-refractivity contribution is 0.0789. The van der Waals surface area contributed by atoms with Crippen LogP contribution < -0.4 is 4.74 Å². The molecule has 2 aromatic rings. The smallest absolute Gasteiger partial charge is 0.257 e. The molecule has 0 fully saturated rings. The first-order valence-corrected chi connectivity index (χ1v) is 8.34. The van der Waals surface area contributed by atoms with Crippen molar-refractivity contribution in [2.45, 2.75) is 19.3 Å². The molecule has 1 amide bonds. The second kappa shape index (κ2) is 9.56. The van der Waals surface area contributed by atoms with E-state index >= 15 is 0 Å². The Morgan fingerprint density at radius 2 is 1.79 bits per heavy atom. The zero-order valence-electron chi connectivity index (χ0n) is 14.3. The lowest BCUT2D eigenvalue weighted by Gasteiger charge is -2.19. The van der Waals surface area contributed by atoms with Crippen molar-refractivity contribution in [3.63, 3.8) is 0 Å². The number of para-hydroxylation sites is 1. The Kier molecular flexibility index (Phi) is 7.09. The van der Waals surface area contributed by atoms with E-state index in [1.54, 1.807) is 17.0 Å². The lowest BCUT2D eigenvalue weighted by Crippen LogP contribution is -2.28. The highest BCUT2D eigenvalue weighted by Gasteiger charge is 2.15. The summed E-state index contributed by atoms with van der Waals surface area (Å²) in [5, 5.41) is 0. The Bertz CT molecular complexity index is 652. The summed E-state index contributed by atoms with van der Waals surface area (Å²) in [6.07, 6.45) is 4.76.